The predicted octanol–water partition coefficient (Wildman–Crippen LogP) is 3.92. The van der Waals surface area contributed by atoms with Gasteiger partial charge in [0.05, 0.1) is 18.1 Å². The van der Waals surface area contributed by atoms with E-state index in [1.807, 2.05) is 18.3 Å². The van der Waals surface area contributed by atoms with Crippen molar-refractivity contribution in [1.29, 1.82) is 0 Å². The first kappa shape index (κ1) is 25.4. The number of anilines is 1. The molecule has 0 bridgehead atoms. The van der Waals surface area contributed by atoms with Crippen molar-refractivity contribution >= 4 is 46.9 Å². The summed E-state index contributed by atoms with van der Waals surface area (Å²) in [6, 6.07) is 10.7. The third-order valence-electron chi connectivity index (χ3n) is 5.46. The van der Waals surface area contributed by atoms with Gasteiger partial charge in [-0.2, -0.15) is 10.2 Å². The van der Waals surface area contributed by atoms with Crippen molar-refractivity contribution in [2.24, 2.45) is 0 Å². The van der Waals surface area contributed by atoms with Crippen molar-refractivity contribution in [3.8, 4) is 5.75 Å². The fraction of sp³-hybridized carbons (Fsp3) is 0.208. The largest absolute Gasteiger partial charge is 0.488 e. The maximum absolute atomic E-state index is 12.7. The van der Waals surface area contributed by atoms with Gasteiger partial charge in [0.15, 0.2) is 11.3 Å². The minimum Gasteiger partial charge on any atom is -0.488 e. The first-order valence-electron chi connectivity index (χ1n) is 11.2. The molecule has 1 aliphatic rings. The van der Waals surface area contributed by atoms with Crippen molar-refractivity contribution in [3.63, 3.8) is 0 Å². The molecule has 5 aromatic rings. The van der Waals surface area contributed by atoms with Gasteiger partial charge in [-0.15, -0.1) is 12.4 Å². The average Bonchev–Trinajstić information content (AvgIpc) is 3.54. The average molecular weight is 527 g/mol. The smallest absolute Gasteiger partial charge is 0.261 e. The Labute approximate surface area is 218 Å². The molecular formula is C24H24Cl2N8O2. The molecule has 12 heteroatoms. The number of benzene rings is 1. The van der Waals surface area contributed by atoms with Crippen LogP contribution in [-0.2, 0) is 0 Å². The van der Waals surface area contributed by atoms with E-state index in [1.54, 1.807) is 58.1 Å². The zero-order chi connectivity index (χ0) is 24.0. The van der Waals surface area contributed by atoms with Gasteiger partial charge in [-0.25, -0.2) is 19.0 Å². The van der Waals surface area contributed by atoms with E-state index in [0.29, 0.717) is 27.7 Å². The van der Waals surface area contributed by atoms with Crippen molar-refractivity contribution in [2.75, 3.05) is 18.4 Å². The molecule has 0 spiro atoms. The molecule has 1 aromatic carbocycles. The number of hydrogen-bond acceptors (Lipinski definition) is 7. The van der Waals surface area contributed by atoms with Crippen molar-refractivity contribution in [3.05, 3.63) is 84.2 Å². The van der Waals surface area contributed by atoms with E-state index in [4.69, 9.17) is 16.3 Å². The Bertz CT molecular complexity index is 1420. The Morgan fingerprint density at radius 3 is 2.61 bits per heavy atom. The zero-order valence-corrected chi connectivity index (χ0v) is 20.7. The van der Waals surface area contributed by atoms with Crippen LogP contribution in [0.4, 0.5) is 5.69 Å². The summed E-state index contributed by atoms with van der Waals surface area (Å²) in [6.07, 6.45) is 12.2. The molecule has 0 atom stereocenters. The highest BCUT2D eigenvalue weighted by Gasteiger charge is 2.19. The summed E-state index contributed by atoms with van der Waals surface area (Å²) in [7, 11) is 0. The van der Waals surface area contributed by atoms with Gasteiger partial charge in [0.25, 0.3) is 5.91 Å². The number of ether oxygens (including phenoxy) is 1. The molecule has 5 heterocycles. The molecule has 4 aromatic heterocycles. The number of halogens is 2. The van der Waals surface area contributed by atoms with Crippen LogP contribution in [0, 0.1) is 0 Å². The van der Waals surface area contributed by atoms with Gasteiger partial charge in [-0.05, 0) is 56.3 Å². The summed E-state index contributed by atoms with van der Waals surface area (Å²) in [5.74, 6) is 0.301. The fourth-order valence-corrected chi connectivity index (χ4v) is 3.91. The van der Waals surface area contributed by atoms with Crippen molar-refractivity contribution in [2.45, 2.75) is 18.9 Å². The molecule has 1 fully saturated rings. The number of nitrogens with zero attached hydrogens (tertiary/aromatic N) is 6. The second-order valence-corrected chi connectivity index (χ2v) is 8.30. The van der Waals surface area contributed by atoms with E-state index in [9.17, 15) is 4.79 Å². The van der Waals surface area contributed by atoms with Crippen LogP contribution >= 0.6 is 24.0 Å². The number of fused-ring (bicyclic) bond motifs is 2. The molecule has 1 amide bonds. The van der Waals surface area contributed by atoms with E-state index in [0.717, 1.165) is 31.6 Å². The Hall–Kier alpha value is -3.73. The van der Waals surface area contributed by atoms with Crippen LogP contribution in [0.3, 0.4) is 0 Å². The second kappa shape index (κ2) is 11.8. The van der Waals surface area contributed by atoms with Crippen LogP contribution in [0.2, 0.25) is 5.02 Å². The molecule has 2 N–H and O–H groups in total. The Kier molecular flexibility index (Phi) is 8.32. The summed E-state index contributed by atoms with van der Waals surface area (Å²) < 4.78 is 9.37. The van der Waals surface area contributed by atoms with Gasteiger partial charge in [0.1, 0.15) is 17.4 Å². The summed E-state index contributed by atoms with van der Waals surface area (Å²) in [6.45, 7) is 1.85. The molecule has 1 aliphatic heterocycles. The molecule has 0 saturated carbocycles. The standard InChI is InChI=1S/C18H18ClN5O2.C6H5N3.ClH/c19-12-2-3-16(26-13-4-7-20-8-5-13)15(10-12)23-18(25)14-11-22-24-9-1-6-21-17(14)24;1-3-7-6-2-4-8-9(6)5-1;/h1-3,6,9-11,13,20H,4-5,7-8H2,(H,23,25);1-5H;1H. The molecule has 0 radical (unpaired) electrons. The van der Waals surface area contributed by atoms with Crippen molar-refractivity contribution in [1.82, 2.24) is 34.5 Å². The van der Waals surface area contributed by atoms with Gasteiger partial charge in [-0.1, -0.05) is 11.6 Å². The number of hydrogen-bond donors (Lipinski definition) is 2. The van der Waals surface area contributed by atoms with E-state index in [1.165, 1.54) is 6.20 Å². The minimum absolute atomic E-state index is 0. The normalized spacial score (nSPS) is 13.5. The first-order chi connectivity index (χ1) is 17.2. The lowest BCUT2D eigenvalue weighted by molar-refractivity contribution is 0.102. The third kappa shape index (κ3) is 5.91. The molecule has 1 saturated heterocycles. The maximum atomic E-state index is 12.7. The Morgan fingerprint density at radius 1 is 1.03 bits per heavy atom. The lowest BCUT2D eigenvalue weighted by atomic mass is 10.1. The number of nitrogens with one attached hydrogen (secondary N) is 2. The van der Waals surface area contributed by atoms with Gasteiger partial charge >= 0.3 is 0 Å². The SMILES string of the molecule is Cl.O=C(Nc1cc(Cl)ccc1OC1CCNCC1)c1cnn2cccnc12.c1cnc2ccnn2c1. The van der Waals surface area contributed by atoms with Crippen LogP contribution in [0.25, 0.3) is 11.3 Å². The number of aromatic nitrogens is 6. The summed E-state index contributed by atoms with van der Waals surface area (Å²) in [4.78, 5) is 21.0. The van der Waals surface area contributed by atoms with Gasteiger partial charge in [0.2, 0.25) is 0 Å². The lowest BCUT2D eigenvalue weighted by Gasteiger charge is -2.25. The van der Waals surface area contributed by atoms with Crippen molar-refractivity contribution < 1.29 is 9.53 Å². The van der Waals surface area contributed by atoms with E-state index in [-0.39, 0.29) is 24.4 Å². The van der Waals surface area contributed by atoms with Crippen LogP contribution in [0.1, 0.15) is 23.2 Å². The minimum atomic E-state index is -0.309. The van der Waals surface area contributed by atoms with Gasteiger partial charge in [0, 0.05) is 35.9 Å². The highest BCUT2D eigenvalue weighted by molar-refractivity contribution is 6.31. The second-order valence-electron chi connectivity index (χ2n) is 7.86. The zero-order valence-electron chi connectivity index (χ0n) is 19.1. The Balaban J connectivity index is 0.000000255. The lowest BCUT2D eigenvalue weighted by Crippen LogP contribution is -2.34. The summed E-state index contributed by atoms with van der Waals surface area (Å²) in [5.41, 5.74) is 2.31. The number of amides is 1. The molecule has 6 rings (SSSR count). The number of carbonyl (C=O) groups is 1. The van der Waals surface area contributed by atoms with Crippen LogP contribution in [0.5, 0.6) is 5.75 Å². The molecular weight excluding hydrogens is 503 g/mol. The van der Waals surface area contributed by atoms with Crippen LogP contribution in [0.15, 0.2) is 73.6 Å². The third-order valence-corrected chi connectivity index (χ3v) is 5.70. The highest BCUT2D eigenvalue weighted by atomic mass is 35.5. The fourth-order valence-electron chi connectivity index (χ4n) is 3.74. The molecule has 186 valence electrons. The first-order valence-corrected chi connectivity index (χ1v) is 11.6. The quantitative estimate of drug-likeness (QED) is 0.365. The highest BCUT2D eigenvalue weighted by Crippen LogP contribution is 2.30. The number of carbonyl (C=O) groups excluding carboxylic acids is 1. The van der Waals surface area contributed by atoms with Crippen LogP contribution < -0.4 is 15.4 Å². The number of rotatable bonds is 4. The topological polar surface area (TPSA) is 111 Å². The molecule has 36 heavy (non-hydrogen) atoms. The van der Waals surface area contributed by atoms with Crippen LogP contribution in [-0.4, -0.2) is 54.3 Å². The van der Waals surface area contributed by atoms with E-state index in [2.05, 4.69) is 30.8 Å². The van der Waals surface area contributed by atoms with E-state index < -0.39 is 0 Å². The summed E-state index contributed by atoms with van der Waals surface area (Å²) in [5, 5.41) is 14.8. The summed E-state index contributed by atoms with van der Waals surface area (Å²) >= 11 is 6.12. The molecule has 0 aliphatic carbocycles. The predicted molar refractivity (Wildman–Crippen MR) is 139 cm³/mol. The monoisotopic (exact) mass is 526 g/mol. The van der Waals surface area contributed by atoms with Gasteiger partial charge in [-0.3, -0.25) is 4.79 Å². The molecule has 10 nitrogen and oxygen atoms in total. The molecule has 0 unspecified atom stereocenters. The maximum Gasteiger partial charge on any atom is 0.261 e. The van der Waals surface area contributed by atoms with Gasteiger partial charge < -0.3 is 15.4 Å². The van der Waals surface area contributed by atoms with E-state index >= 15 is 0 Å². The number of piperidine rings is 1. The Morgan fingerprint density at radius 2 is 1.81 bits per heavy atom.